The van der Waals surface area contributed by atoms with E-state index >= 15 is 0 Å². The van der Waals surface area contributed by atoms with Crippen molar-refractivity contribution in [1.82, 2.24) is 9.97 Å². The van der Waals surface area contributed by atoms with Crippen LogP contribution in [0.1, 0.15) is 25.1 Å². The highest BCUT2D eigenvalue weighted by molar-refractivity contribution is 5.18. The highest BCUT2D eigenvalue weighted by atomic mass is 16.3. The van der Waals surface area contributed by atoms with Crippen molar-refractivity contribution < 1.29 is 5.11 Å². The van der Waals surface area contributed by atoms with E-state index in [4.69, 9.17) is 5.73 Å². The number of aromatic nitrogens is 2. The van der Waals surface area contributed by atoms with Crippen LogP contribution < -0.4 is 11.3 Å². The molecule has 0 spiro atoms. The summed E-state index contributed by atoms with van der Waals surface area (Å²) in [6.07, 6.45) is 2.95. The number of nitrogens with two attached hydrogens (primary N) is 1. The summed E-state index contributed by atoms with van der Waals surface area (Å²) in [5.74, 6) is 0.291. The van der Waals surface area contributed by atoms with Crippen LogP contribution in [0, 0.1) is 0 Å². The summed E-state index contributed by atoms with van der Waals surface area (Å²) >= 11 is 0. The van der Waals surface area contributed by atoms with Gasteiger partial charge in [-0.15, -0.1) is 0 Å². The highest BCUT2D eigenvalue weighted by Crippen LogP contribution is 2.40. The normalized spacial score (nSPS) is 18.9. The molecule has 1 saturated carbocycles. The van der Waals surface area contributed by atoms with Gasteiger partial charge in [-0.3, -0.25) is 4.79 Å². The minimum Gasteiger partial charge on any atom is -0.493 e. The molecule has 1 aliphatic rings. The molecule has 0 saturated heterocycles. The average Bonchev–Trinajstić information content (AvgIpc) is 2.01. The third-order valence-electron chi connectivity index (χ3n) is 2.93. The molecular weight excluding hydrogens is 182 g/mol. The Labute approximate surface area is 81.0 Å². The third-order valence-corrected chi connectivity index (χ3v) is 2.93. The molecule has 1 heterocycles. The van der Waals surface area contributed by atoms with Gasteiger partial charge in [-0.1, -0.05) is 6.42 Å². The van der Waals surface area contributed by atoms with Crippen LogP contribution in [0.5, 0.6) is 5.88 Å². The van der Waals surface area contributed by atoms with E-state index in [1.165, 1.54) is 0 Å². The maximum Gasteiger partial charge on any atom is 0.254 e. The predicted molar refractivity (Wildman–Crippen MR) is 51.1 cm³/mol. The quantitative estimate of drug-likeness (QED) is 0.612. The molecule has 0 aliphatic heterocycles. The summed E-state index contributed by atoms with van der Waals surface area (Å²) < 4.78 is 0. The molecule has 4 N–H and O–H groups in total. The standard InChI is InChI=1S/C9H13N3O2/c10-5-9(2-1-3-9)8-11-6(13)4-7(14)12-8/h4H,1-3,5,10H2,(H2,11,12,13,14). The van der Waals surface area contributed by atoms with E-state index < -0.39 is 0 Å². The zero-order chi connectivity index (χ0) is 10.2. The number of nitrogens with zero attached hydrogens (tertiary/aromatic N) is 1. The molecule has 76 valence electrons. The molecule has 0 amide bonds. The van der Waals surface area contributed by atoms with Gasteiger partial charge in [0.15, 0.2) is 0 Å². The predicted octanol–water partition coefficient (Wildman–Crippen LogP) is -0.144. The number of H-pyrrole nitrogens is 1. The summed E-state index contributed by atoms with van der Waals surface area (Å²) in [7, 11) is 0. The van der Waals surface area contributed by atoms with Crippen LogP contribution in [0.15, 0.2) is 10.9 Å². The second-order valence-corrected chi connectivity index (χ2v) is 3.79. The molecule has 0 bridgehead atoms. The molecule has 1 fully saturated rings. The van der Waals surface area contributed by atoms with Crippen molar-refractivity contribution in [3.05, 3.63) is 22.2 Å². The van der Waals surface area contributed by atoms with Crippen LogP contribution in [0.3, 0.4) is 0 Å². The van der Waals surface area contributed by atoms with E-state index in [-0.39, 0.29) is 16.9 Å². The lowest BCUT2D eigenvalue weighted by Crippen LogP contribution is -2.43. The van der Waals surface area contributed by atoms with Gasteiger partial charge in [0.2, 0.25) is 5.88 Å². The second kappa shape index (κ2) is 3.09. The summed E-state index contributed by atoms with van der Waals surface area (Å²) in [5.41, 5.74) is 5.12. The van der Waals surface area contributed by atoms with Gasteiger partial charge in [-0.2, -0.15) is 4.98 Å². The van der Waals surface area contributed by atoms with Crippen LogP contribution in [-0.2, 0) is 5.41 Å². The van der Waals surface area contributed by atoms with Gasteiger partial charge >= 0.3 is 0 Å². The van der Waals surface area contributed by atoms with Crippen molar-refractivity contribution >= 4 is 0 Å². The summed E-state index contributed by atoms with van der Waals surface area (Å²) in [6, 6.07) is 1.06. The number of aromatic amines is 1. The summed E-state index contributed by atoms with van der Waals surface area (Å²) in [6.45, 7) is 0.458. The lowest BCUT2D eigenvalue weighted by atomic mass is 9.68. The Morgan fingerprint density at radius 2 is 2.36 bits per heavy atom. The van der Waals surface area contributed by atoms with Crippen LogP contribution in [0.4, 0.5) is 0 Å². The highest BCUT2D eigenvalue weighted by Gasteiger charge is 2.39. The molecule has 0 radical (unpaired) electrons. The van der Waals surface area contributed by atoms with E-state index in [1.54, 1.807) is 0 Å². The van der Waals surface area contributed by atoms with Gasteiger partial charge in [0.05, 0.1) is 6.07 Å². The smallest absolute Gasteiger partial charge is 0.254 e. The van der Waals surface area contributed by atoms with Gasteiger partial charge in [0.1, 0.15) is 5.82 Å². The molecule has 5 nitrogen and oxygen atoms in total. The Balaban J connectivity index is 2.44. The molecule has 2 rings (SSSR count). The van der Waals surface area contributed by atoms with Gasteiger partial charge in [-0.25, -0.2) is 0 Å². The molecule has 5 heteroatoms. The molecular formula is C9H13N3O2. The third kappa shape index (κ3) is 1.29. The lowest BCUT2D eigenvalue weighted by Gasteiger charge is -2.39. The van der Waals surface area contributed by atoms with E-state index in [2.05, 4.69) is 9.97 Å². The fourth-order valence-corrected chi connectivity index (χ4v) is 1.84. The van der Waals surface area contributed by atoms with Gasteiger partial charge in [0.25, 0.3) is 5.56 Å². The number of hydrogen-bond acceptors (Lipinski definition) is 4. The minimum atomic E-state index is -0.327. The number of rotatable bonds is 2. The molecule has 0 aromatic carbocycles. The maximum absolute atomic E-state index is 11.1. The van der Waals surface area contributed by atoms with Crippen molar-refractivity contribution in [2.24, 2.45) is 5.73 Å². The SMILES string of the molecule is NCC1(c2nc(O)cc(=O)[nH]2)CCC1. The fourth-order valence-electron chi connectivity index (χ4n) is 1.84. The summed E-state index contributed by atoms with van der Waals surface area (Å²) in [4.78, 5) is 17.7. The second-order valence-electron chi connectivity index (χ2n) is 3.79. The van der Waals surface area contributed by atoms with E-state index in [1.807, 2.05) is 0 Å². The summed E-state index contributed by atoms with van der Waals surface area (Å²) in [5, 5.41) is 9.20. The number of nitrogens with one attached hydrogen (secondary N) is 1. The first-order chi connectivity index (χ1) is 6.66. The lowest BCUT2D eigenvalue weighted by molar-refractivity contribution is 0.235. The number of aromatic hydroxyl groups is 1. The first-order valence-electron chi connectivity index (χ1n) is 4.67. The van der Waals surface area contributed by atoms with Crippen molar-refractivity contribution in [3.8, 4) is 5.88 Å². The monoisotopic (exact) mass is 195 g/mol. The van der Waals surface area contributed by atoms with Crippen LogP contribution >= 0.6 is 0 Å². The van der Waals surface area contributed by atoms with Crippen LogP contribution in [-0.4, -0.2) is 21.6 Å². The average molecular weight is 195 g/mol. The Bertz CT molecular complexity index is 390. The minimum absolute atomic E-state index is 0.210. The largest absolute Gasteiger partial charge is 0.493 e. The molecule has 1 aromatic rings. The van der Waals surface area contributed by atoms with Gasteiger partial charge in [-0.05, 0) is 12.8 Å². The van der Waals surface area contributed by atoms with Crippen molar-refractivity contribution in [2.45, 2.75) is 24.7 Å². The molecule has 14 heavy (non-hydrogen) atoms. The maximum atomic E-state index is 11.1. The Kier molecular flexibility index (Phi) is 2.03. The van der Waals surface area contributed by atoms with Crippen LogP contribution in [0.25, 0.3) is 0 Å². The molecule has 1 aromatic heterocycles. The van der Waals surface area contributed by atoms with Crippen molar-refractivity contribution in [1.29, 1.82) is 0 Å². The first-order valence-corrected chi connectivity index (χ1v) is 4.67. The van der Waals surface area contributed by atoms with E-state index in [9.17, 15) is 9.90 Å². The number of hydrogen-bond donors (Lipinski definition) is 3. The Morgan fingerprint density at radius 1 is 1.64 bits per heavy atom. The van der Waals surface area contributed by atoms with Gasteiger partial charge in [0, 0.05) is 12.0 Å². The zero-order valence-corrected chi connectivity index (χ0v) is 7.79. The molecule has 0 unspecified atom stereocenters. The molecule has 0 atom stereocenters. The molecule has 1 aliphatic carbocycles. The fraction of sp³-hybridized carbons (Fsp3) is 0.556. The van der Waals surface area contributed by atoms with Gasteiger partial charge < -0.3 is 15.8 Å². The van der Waals surface area contributed by atoms with E-state index in [0.717, 1.165) is 25.3 Å². The first kappa shape index (κ1) is 9.21. The Morgan fingerprint density at radius 3 is 2.79 bits per heavy atom. The van der Waals surface area contributed by atoms with E-state index in [0.29, 0.717) is 12.4 Å². The van der Waals surface area contributed by atoms with Crippen LogP contribution in [0.2, 0.25) is 0 Å². The van der Waals surface area contributed by atoms with Crippen molar-refractivity contribution in [2.75, 3.05) is 6.54 Å². The topological polar surface area (TPSA) is 92.0 Å². The zero-order valence-electron chi connectivity index (χ0n) is 7.79. The Hall–Kier alpha value is -1.36. The van der Waals surface area contributed by atoms with Crippen molar-refractivity contribution in [3.63, 3.8) is 0 Å².